The molecule has 1 saturated heterocycles. The van der Waals surface area contributed by atoms with Gasteiger partial charge in [-0.1, -0.05) is 23.7 Å². The topological polar surface area (TPSA) is 32.3 Å². The molecule has 26 heavy (non-hydrogen) atoms. The summed E-state index contributed by atoms with van der Waals surface area (Å²) in [6.45, 7) is 3.24. The Balaban J connectivity index is 1.43. The number of hydrogen-bond donors (Lipinski definition) is 1. The van der Waals surface area contributed by atoms with E-state index in [0.29, 0.717) is 12.5 Å². The molecule has 2 aromatic carbocycles. The van der Waals surface area contributed by atoms with Gasteiger partial charge in [0.05, 0.1) is 0 Å². The molecule has 6 heteroatoms. The average molecular weight is 379 g/mol. The van der Waals surface area contributed by atoms with Crippen LogP contribution in [0.25, 0.3) is 0 Å². The summed E-state index contributed by atoms with van der Waals surface area (Å²) < 4.78 is 26.3. The number of hydrogen-bond acceptors (Lipinski definition) is 2. The summed E-state index contributed by atoms with van der Waals surface area (Å²) in [6.07, 6.45) is 1.96. The first-order valence-electron chi connectivity index (χ1n) is 8.71. The van der Waals surface area contributed by atoms with Crippen LogP contribution >= 0.6 is 11.6 Å². The molecule has 0 spiro atoms. The molecule has 1 aliphatic rings. The van der Waals surface area contributed by atoms with Crippen LogP contribution in [0.3, 0.4) is 0 Å². The summed E-state index contributed by atoms with van der Waals surface area (Å²) in [5.74, 6) is -0.646. The molecule has 1 fully saturated rings. The maximum Gasteiger partial charge on any atom is 0.251 e. The number of carbonyl (C=O) groups is 1. The molecule has 0 unspecified atom stereocenters. The number of nitrogens with one attached hydrogen (secondary N) is 1. The van der Waals surface area contributed by atoms with Gasteiger partial charge in [0.1, 0.15) is 11.6 Å². The Labute approximate surface area is 157 Å². The zero-order valence-electron chi connectivity index (χ0n) is 14.4. The lowest BCUT2D eigenvalue weighted by Crippen LogP contribution is -2.38. The van der Waals surface area contributed by atoms with Gasteiger partial charge in [-0.15, -0.1) is 0 Å². The van der Waals surface area contributed by atoms with E-state index in [-0.39, 0.29) is 22.3 Å². The molecule has 0 saturated carbocycles. The van der Waals surface area contributed by atoms with Crippen LogP contribution < -0.4 is 5.32 Å². The van der Waals surface area contributed by atoms with E-state index in [2.05, 4.69) is 10.2 Å². The van der Waals surface area contributed by atoms with E-state index >= 15 is 0 Å². The monoisotopic (exact) mass is 378 g/mol. The van der Waals surface area contributed by atoms with Gasteiger partial charge in [-0.3, -0.25) is 9.69 Å². The van der Waals surface area contributed by atoms with Crippen molar-refractivity contribution < 1.29 is 13.6 Å². The van der Waals surface area contributed by atoms with Crippen molar-refractivity contribution in [3.8, 4) is 0 Å². The van der Waals surface area contributed by atoms with Crippen molar-refractivity contribution in [2.24, 2.45) is 5.92 Å². The normalized spacial score (nSPS) is 15.8. The molecule has 138 valence electrons. The van der Waals surface area contributed by atoms with Gasteiger partial charge in [-0.05, 0) is 67.7 Å². The number of amides is 1. The molecule has 0 aromatic heterocycles. The SMILES string of the molecule is O=C(NCC1CCN(Cc2ccc(F)cc2)CC1)c1cc(F)cc(Cl)c1. The van der Waals surface area contributed by atoms with Gasteiger partial charge in [0.2, 0.25) is 0 Å². The number of carbonyl (C=O) groups excluding carboxylic acids is 1. The number of halogens is 3. The second-order valence-electron chi connectivity index (χ2n) is 6.71. The van der Waals surface area contributed by atoms with Gasteiger partial charge in [-0.2, -0.15) is 0 Å². The van der Waals surface area contributed by atoms with Crippen LogP contribution in [-0.4, -0.2) is 30.4 Å². The van der Waals surface area contributed by atoms with Crippen molar-refractivity contribution in [2.45, 2.75) is 19.4 Å². The molecular formula is C20H21ClF2N2O. The van der Waals surface area contributed by atoms with Crippen molar-refractivity contribution >= 4 is 17.5 Å². The fourth-order valence-electron chi connectivity index (χ4n) is 3.22. The summed E-state index contributed by atoms with van der Waals surface area (Å²) in [5, 5.41) is 3.08. The van der Waals surface area contributed by atoms with E-state index in [1.165, 1.54) is 30.3 Å². The zero-order chi connectivity index (χ0) is 18.5. The van der Waals surface area contributed by atoms with Crippen molar-refractivity contribution in [3.05, 3.63) is 70.2 Å². The molecular weight excluding hydrogens is 358 g/mol. The Kier molecular flexibility index (Phi) is 6.22. The van der Waals surface area contributed by atoms with Gasteiger partial charge in [0.25, 0.3) is 5.91 Å². The minimum atomic E-state index is -0.517. The Hall–Kier alpha value is -1.98. The number of likely N-dealkylation sites (tertiary alicyclic amines) is 1. The summed E-state index contributed by atoms with van der Waals surface area (Å²) in [4.78, 5) is 14.5. The summed E-state index contributed by atoms with van der Waals surface area (Å²) in [6, 6.07) is 10.4. The van der Waals surface area contributed by atoms with Crippen molar-refractivity contribution in [2.75, 3.05) is 19.6 Å². The van der Waals surface area contributed by atoms with E-state index in [0.717, 1.165) is 38.0 Å². The molecule has 1 heterocycles. The highest BCUT2D eigenvalue weighted by molar-refractivity contribution is 6.31. The Morgan fingerprint density at radius 1 is 1.08 bits per heavy atom. The van der Waals surface area contributed by atoms with Crippen LogP contribution in [-0.2, 0) is 6.54 Å². The smallest absolute Gasteiger partial charge is 0.251 e. The summed E-state index contributed by atoms with van der Waals surface area (Å²) in [5.41, 5.74) is 1.34. The lowest BCUT2D eigenvalue weighted by molar-refractivity contribution is 0.0934. The second kappa shape index (κ2) is 8.60. The zero-order valence-corrected chi connectivity index (χ0v) is 15.1. The van der Waals surface area contributed by atoms with Gasteiger partial charge in [0, 0.05) is 23.7 Å². The molecule has 3 rings (SSSR count). The first kappa shape index (κ1) is 18.8. The van der Waals surface area contributed by atoms with E-state index in [9.17, 15) is 13.6 Å². The van der Waals surface area contributed by atoms with E-state index < -0.39 is 5.82 Å². The van der Waals surface area contributed by atoms with Gasteiger partial charge < -0.3 is 5.32 Å². The van der Waals surface area contributed by atoms with E-state index in [4.69, 9.17) is 11.6 Å². The average Bonchev–Trinajstić information content (AvgIpc) is 2.62. The number of nitrogens with zero attached hydrogens (tertiary/aromatic N) is 1. The maximum absolute atomic E-state index is 13.3. The van der Waals surface area contributed by atoms with Crippen LogP contribution in [0.2, 0.25) is 5.02 Å². The van der Waals surface area contributed by atoms with Crippen LogP contribution in [0, 0.1) is 17.6 Å². The lowest BCUT2D eigenvalue weighted by Gasteiger charge is -2.32. The van der Waals surface area contributed by atoms with Crippen LogP contribution in [0.1, 0.15) is 28.8 Å². The van der Waals surface area contributed by atoms with E-state index in [1.807, 2.05) is 12.1 Å². The first-order chi connectivity index (χ1) is 12.5. The van der Waals surface area contributed by atoms with Crippen molar-refractivity contribution in [3.63, 3.8) is 0 Å². The molecule has 1 N–H and O–H groups in total. The van der Waals surface area contributed by atoms with Crippen LogP contribution in [0.5, 0.6) is 0 Å². The fraction of sp³-hybridized carbons (Fsp3) is 0.350. The Bertz CT molecular complexity index is 739. The fourth-order valence-corrected chi connectivity index (χ4v) is 3.44. The molecule has 0 aliphatic carbocycles. The maximum atomic E-state index is 13.3. The standard InChI is InChI=1S/C20H21ClF2N2O/c21-17-9-16(10-19(23)11-17)20(26)24-12-14-5-7-25(8-6-14)13-15-1-3-18(22)4-2-15/h1-4,9-11,14H,5-8,12-13H2,(H,24,26). The highest BCUT2D eigenvalue weighted by atomic mass is 35.5. The van der Waals surface area contributed by atoms with Gasteiger partial charge in [-0.25, -0.2) is 8.78 Å². The molecule has 0 bridgehead atoms. The third-order valence-corrected chi connectivity index (χ3v) is 4.92. The highest BCUT2D eigenvalue weighted by Crippen LogP contribution is 2.19. The number of benzene rings is 2. The predicted octanol–water partition coefficient (Wildman–Crippen LogP) is 4.26. The van der Waals surface area contributed by atoms with Crippen LogP contribution in [0.15, 0.2) is 42.5 Å². The summed E-state index contributed by atoms with van der Waals surface area (Å²) in [7, 11) is 0. The van der Waals surface area contributed by atoms with Crippen LogP contribution in [0.4, 0.5) is 8.78 Å². The molecule has 3 nitrogen and oxygen atoms in total. The molecule has 1 aliphatic heterocycles. The summed E-state index contributed by atoms with van der Waals surface area (Å²) >= 11 is 5.79. The third kappa shape index (κ3) is 5.26. The van der Waals surface area contributed by atoms with Crippen molar-refractivity contribution in [1.82, 2.24) is 10.2 Å². The highest BCUT2D eigenvalue weighted by Gasteiger charge is 2.20. The Morgan fingerprint density at radius 3 is 2.42 bits per heavy atom. The molecule has 2 aromatic rings. The lowest BCUT2D eigenvalue weighted by atomic mass is 9.96. The third-order valence-electron chi connectivity index (χ3n) is 4.70. The Morgan fingerprint density at radius 2 is 1.77 bits per heavy atom. The van der Waals surface area contributed by atoms with E-state index in [1.54, 1.807) is 0 Å². The second-order valence-corrected chi connectivity index (χ2v) is 7.15. The quantitative estimate of drug-likeness (QED) is 0.843. The largest absolute Gasteiger partial charge is 0.352 e. The molecule has 0 atom stereocenters. The molecule has 1 amide bonds. The first-order valence-corrected chi connectivity index (χ1v) is 9.08. The van der Waals surface area contributed by atoms with Crippen molar-refractivity contribution in [1.29, 1.82) is 0 Å². The predicted molar refractivity (Wildman–Crippen MR) is 98.1 cm³/mol. The van der Waals surface area contributed by atoms with Gasteiger partial charge in [0.15, 0.2) is 0 Å². The van der Waals surface area contributed by atoms with Gasteiger partial charge >= 0.3 is 0 Å². The number of piperidine rings is 1. The minimum absolute atomic E-state index is 0.212. The molecule has 0 radical (unpaired) electrons. The number of rotatable bonds is 5. The minimum Gasteiger partial charge on any atom is -0.352 e.